The molecule has 1 N–H and O–H groups in total. The number of benzene rings is 2. The summed E-state index contributed by atoms with van der Waals surface area (Å²) in [6, 6.07) is 14.1. The number of hydrogen-bond donors (Lipinski definition) is 1. The van der Waals surface area contributed by atoms with Crippen LogP contribution in [-0.2, 0) is 11.2 Å². The lowest BCUT2D eigenvalue weighted by Gasteiger charge is -2.15. The number of anilines is 1. The van der Waals surface area contributed by atoms with Gasteiger partial charge in [-0.3, -0.25) is 4.79 Å². The fraction of sp³-hybridized carbons (Fsp3) is 0.350. The van der Waals surface area contributed by atoms with E-state index in [0.717, 1.165) is 34.5 Å². The molecule has 3 nitrogen and oxygen atoms in total. The van der Waals surface area contributed by atoms with Crippen molar-refractivity contribution in [3.63, 3.8) is 0 Å². The third-order valence-corrected chi connectivity index (χ3v) is 3.96. The number of carbonyl (C=O) groups excluding carboxylic acids is 1. The van der Waals surface area contributed by atoms with Gasteiger partial charge in [-0.1, -0.05) is 37.3 Å². The molecule has 0 aliphatic heterocycles. The average Bonchev–Trinajstić information content (AvgIpc) is 2.51. The van der Waals surface area contributed by atoms with Crippen molar-refractivity contribution in [2.24, 2.45) is 5.92 Å². The zero-order valence-electron chi connectivity index (χ0n) is 14.3. The Labute approximate surface area is 138 Å². The van der Waals surface area contributed by atoms with Crippen molar-refractivity contribution in [2.45, 2.75) is 33.6 Å². The first-order chi connectivity index (χ1) is 11.0. The third-order valence-electron chi connectivity index (χ3n) is 3.96. The van der Waals surface area contributed by atoms with Crippen LogP contribution in [0.3, 0.4) is 0 Å². The molecule has 3 heteroatoms. The van der Waals surface area contributed by atoms with Crippen molar-refractivity contribution in [1.82, 2.24) is 0 Å². The second kappa shape index (κ2) is 7.82. The predicted octanol–water partition coefficient (Wildman–Crippen LogP) is 4.52. The second-order valence-electron chi connectivity index (χ2n) is 6.19. The van der Waals surface area contributed by atoms with Crippen LogP contribution in [0.1, 0.15) is 30.0 Å². The van der Waals surface area contributed by atoms with E-state index in [2.05, 4.69) is 24.4 Å². The number of hydrogen-bond acceptors (Lipinski definition) is 2. The molecule has 0 radical (unpaired) electrons. The van der Waals surface area contributed by atoms with E-state index in [4.69, 9.17) is 4.74 Å². The van der Waals surface area contributed by atoms with Gasteiger partial charge in [0.25, 0.3) is 0 Å². The van der Waals surface area contributed by atoms with Crippen molar-refractivity contribution in [3.8, 4) is 5.75 Å². The van der Waals surface area contributed by atoms with Crippen molar-refractivity contribution in [1.29, 1.82) is 0 Å². The van der Waals surface area contributed by atoms with Gasteiger partial charge in [0.15, 0.2) is 0 Å². The minimum absolute atomic E-state index is 0.0566. The Bertz CT molecular complexity index is 679. The molecule has 0 saturated carbocycles. The Kier molecular flexibility index (Phi) is 5.80. The van der Waals surface area contributed by atoms with E-state index in [-0.39, 0.29) is 11.8 Å². The molecule has 2 rings (SSSR count). The zero-order chi connectivity index (χ0) is 16.8. The van der Waals surface area contributed by atoms with Crippen molar-refractivity contribution in [3.05, 3.63) is 59.2 Å². The fourth-order valence-corrected chi connectivity index (χ4v) is 2.71. The first kappa shape index (κ1) is 17.1. The summed E-state index contributed by atoms with van der Waals surface area (Å²) in [4.78, 5) is 12.3. The Morgan fingerprint density at radius 1 is 1.17 bits per heavy atom. The van der Waals surface area contributed by atoms with Crippen LogP contribution in [0, 0.1) is 19.8 Å². The van der Waals surface area contributed by atoms with Crippen LogP contribution in [0.4, 0.5) is 5.69 Å². The molecule has 2 aromatic carbocycles. The minimum Gasteiger partial charge on any atom is -0.496 e. The lowest BCUT2D eigenvalue weighted by Crippen LogP contribution is -2.17. The van der Waals surface area contributed by atoms with Crippen LogP contribution >= 0.6 is 0 Å². The molecule has 0 aromatic heterocycles. The first-order valence-electron chi connectivity index (χ1n) is 7.98. The monoisotopic (exact) mass is 311 g/mol. The van der Waals surface area contributed by atoms with E-state index in [1.807, 2.05) is 44.2 Å². The molecule has 0 spiro atoms. The SMILES string of the molecule is COc1ccccc1CC(C)CC(=O)Nc1cc(C)ccc1C. The van der Waals surface area contributed by atoms with Gasteiger partial charge in [-0.05, 0) is 55.0 Å². The molecule has 0 aliphatic rings. The summed E-state index contributed by atoms with van der Waals surface area (Å²) in [6.45, 7) is 6.13. The first-order valence-corrected chi connectivity index (χ1v) is 7.98. The second-order valence-corrected chi connectivity index (χ2v) is 6.19. The number of amides is 1. The molecule has 1 atom stereocenters. The van der Waals surface area contributed by atoms with Gasteiger partial charge in [0.2, 0.25) is 5.91 Å². The number of aryl methyl sites for hydroxylation is 2. The van der Waals surface area contributed by atoms with E-state index in [0.29, 0.717) is 6.42 Å². The number of rotatable bonds is 6. The van der Waals surface area contributed by atoms with Gasteiger partial charge in [0.05, 0.1) is 7.11 Å². The standard InChI is InChI=1S/C20H25NO2/c1-14-9-10-16(3)18(12-14)21-20(22)13-15(2)11-17-7-5-6-8-19(17)23-4/h5-10,12,15H,11,13H2,1-4H3,(H,21,22). The molecular formula is C20H25NO2. The molecule has 1 unspecified atom stereocenters. The summed E-state index contributed by atoms with van der Waals surface area (Å²) in [7, 11) is 1.68. The molecule has 0 fully saturated rings. The largest absolute Gasteiger partial charge is 0.496 e. The minimum atomic E-state index is 0.0566. The van der Waals surface area contributed by atoms with Crippen LogP contribution in [0.2, 0.25) is 0 Å². The lowest BCUT2D eigenvalue weighted by molar-refractivity contribution is -0.116. The normalized spacial score (nSPS) is 11.8. The number of methoxy groups -OCH3 is 1. The van der Waals surface area contributed by atoms with Gasteiger partial charge in [0.1, 0.15) is 5.75 Å². The van der Waals surface area contributed by atoms with Crippen LogP contribution in [0.15, 0.2) is 42.5 Å². The molecule has 0 heterocycles. The van der Waals surface area contributed by atoms with Gasteiger partial charge in [-0.15, -0.1) is 0 Å². The molecule has 0 bridgehead atoms. The number of nitrogens with one attached hydrogen (secondary N) is 1. The van der Waals surface area contributed by atoms with Crippen LogP contribution in [-0.4, -0.2) is 13.0 Å². The topological polar surface area (TPSA) is 38.3 Å². The highest BCUT2D eigenvalue weighted by atomic mass is 16.5. The van der Waals surface area contributed by atoms with Gasteiger partial charge < -0.3 is 10.1 Å². The molecule has 23 heavy (non-hydrogen) atoms. The van der Waals surface area contributed by atoms with E-state index in [9.17, 15) is 4.79 Å². The summed E-state index contributed by atoms with van der Waals surface area (Å²) in [6.07, 6.45) is 1.32. The predicted molar refractivity (Wildman–Crippen MR) is 95.0 cm³/mol. The highest BCUT2D eigenvalue weighted by Crippen LogP contribution is 2.23. The van der Waals surface area contributed by atoms with Gasteiger partial charge in [0, 0.05) is 12.1 Å². The van der Waals surface area contributed by atoms with E-state index >= 15 is 0 Å². The molecular weight excluding hydrogens is 286 g/mol. The molecule has 2 aromatic rings. The maximum Gasteiger partial charge on any atom is 0.224 e. The van der Waals surface area contributed by atoms with E-state index < -0.39 is 0 Å². The Hall–Kier alpha value is -2.29. The summed E-state index contributed by atoms with van der Waals surface area (Å²) in [5, 5.41) is 3.03. The number of para-hydroxylation sites is 1. The van der Waals surface area contributed by atoms with Gasteiger partial charge in [-0.25, -0.2) is 0 Å². The van der Waals surface area contributed by atoms with Crippen molar-refractivity contribution >= 4 is 11.6 Å². The van der Waals surface area contributed by atoms with Crippen molar-refractivity contribution < 1.29 is 9.53 Å². The third kappa shape index (κ3) is 4.85. The Balaban J connectivity index is 1.96. The summed E-state index contributed by atoms with van der Waals surface area (Å²) >= 11 is 0. The molecule has 0 saturated heterocycles. The maximum absolute atomic E-state index is 12.3. The highest BCUT2D eigenvalue weighted by Gasteiger charge is 2.13. The summed E-state index contributed by atoms with van der Waals surface area (Å²) < 4.78 is 5.38. The number of carbonyl (C=O) groups is 1. The van der Waals surface area contributed by atoms with E-state index in [1.54, 1.807) is 7.11 Å². The van der Waals surface area contributed by atoms with Crippen LogP contribution in [0.5, 0.6) is 5.75 Å². The Morgan fingerprint density at radius 3 is 2.65 bits per heavy atom. The van der Waals surface area contributed by atoms with Gasteiger partial charge in [-0.2, -0.15) is 0 Å². The smallest absolute Gasteiger partial charge is 0.224 e. The lowest BCUT2D eigenvalue weighted by atomic mass is 9.97. The van der Waals surface area contributed by atoms with Gasteiger partial charge >= 0.3 is 0 Å². The Morgan fingerprint density at radius 2 is 1.91 bits per heavy atom. The van der Waals surface area contributed by atoms with Crippen LogP contribution < -0.4 is 10.1 Å². The number of ether oxygens (including phenoxy) is 1. The highest BCUT2D eigenvalue weighted by molar-refractivity contribution is 5.91. The summed E-state index contributed by atoms with van der Waals surface area (Å²) in [5.74, 6) is 1.19. The van der Waals surface area contributed by atoms with Crippen molar-refractivity contribution in [2.75, 3.05) is 12.4 Å². The molecule has 1 amide bonds. The van der Waals surface area contributed by atoms with Crippen LogP contribution in [0.25, 0.3) is 0 Å². The summed E-state index contributed by atoms with van der Waals surface area (Å²) in [5.41, 5.74) is 4.27. The molecule has 122 valence electrons. The fourth-order valence-electron chi connectivity index (χ4n) is 2.71. The van der Waals surface area contributed by atoms with E-state index in [1.165, 1.54) is 0 Å². The quantitative estimate of drug-likeness (QED) is 0.852. The average molecular weight is 311 g/mol. The maximum atomic E-state index is 12.3. The zero-order valence-corrected chi connectivity index (χ0v) is 14.3. The molecule has 0 aliphatic carbocycles.